The van der Waals surface area contributed by atoms with Crippen LogP contribution >= 0.6 is 0 Å². The van der Waals surface area contributed by atoms with Gasteiger partial charge in [-0.15, -0.1) is 0 Å². The van der Waals surface area contributed by atoms with Gasteiger partial charge in [0.25, 0.3) is 0 Å². The minimum Gasteiger partial charge on any atom is -0.351 e. The lowest BCUT2D eigenvalue weighted by molar-refractivity contribution is -0.121. The maximum Gasteiger partial charge on any atom is 0.234 e. The highest BCUT2D eigenvalue weighted by Gasteiger charge is 2.02. The molecule has 0 saturated carbocycles. The van der Waals surface area contributed by atoms with Gasteiger partial charge in [-0.1, -0.05) is 60.7 Å². The summed E-state index contributed by atoms with van der Waals surface area (Å²) < 4.78 is 0. The molecule has 0 bridgehead atoms. The van der Waals surface area contributed by atoms with E-state index < -0.39 is 0 Å². The third-order valence-corrected chi connectivity index (χ3v) is 3.71. The van der Waals surface area contributed by atoms with Gasteiger partial charge in [-0.3, -0.25) is 9.59 Å². The molecule has 6 nitrogen and oxygen atoms in total. The van der Waals surface area contributed by atoms with Crippen molar-refractivity contribution in [3.63, 3.8) is 0 Å². The maximum atomic E-state index is 11.7. The van der Waals surface area contributed by atoms with Gasteiger partial charge >= 0.3 is 0 Å². The lowest BCUT2D eigenvalue weighted by atomic mass is 10.2. The third kappa shape index (κ3) is 8.41. The summed E-state index contributed by atoms with van der Waals surface area (Å²) in [6, 6.07) is 19.6. The summed E-state index contributed by atoms with van der Waals surface area (Å²) in [5.41, 5.74) is 2.15. The van der Waals surface area contributed by atoms with E-state index in [4.69, 9.17) is 0 Å². The Kier molecular flexibility index (Phi) is 8.89. The normalized spacial score (nSPS) is 10.3. The fourth-order valence-electron chi connectivity index (χ4n) is 2.30. The Balaban J connectivity index is 1.45. The van der Waals surface area contributed by atoms with Gasteiger partial charge in [-0.2, -0.15) is 0 Å². The average Bonchev–Trinajstić information content (AvgIpc) is 2.69. The molecule has 0 spiro atoms. The van der Waals surface area contributed by atoms with Crippen LogP contribution in [-0.4, -0.2) is 38.0 Å². The minimum atomic E-state index is -0.0468. The molecule has 0 fully saturated rings. The fourth-order valence-corrected chi connectivity index (χ4v) is 2.30. The predicted octanol–water partition coefficient (Wildman–Crippen LogP) is 0.798. The maximum absolute atomic E-state index is 11.7. The summed E-state index contributed by atoms with van der Waals surface area (Å²) >= 11 is 0. The lowest BCUT2D eigenvalue weighted by Gasteiger charge is -2.08. The molecule has 0 heterocycles. The van der Waals surface area contributed by atoms with Gasteiger partial charge in [0.1, 0.15) is 0 Å². The molecule has 4 N–H and O–H groups in total. The van der Waals surface area contributed by atoms with Crippen molar-refractivity contribution in [2.75, 3.05) is 26.2 Å². The molecule has 0 aliphatic carbocycles. The molecule has 0 aliphatic heterocycles. The molecule has 2 aromatic rings. The molecule has 0 unspecified atom stereocenters. The van der Waals surface area contributed by atoms with Crippen LogP contribution < -0.4 is 21.3 Å². The van der Waals surface area contributed by atoms with Crippen molar-refractivity contribution in [2.24, 2.45) is 0 Å². The van der Waals surface area contributed by atoms with E-state index in [2.05, 4.69) is 21.3 Å². The summed E-state index contributed by atoms with van der Waals surface area (Å²) in [7, 11) is 0. The van der Waals surface area contributed by atoms with E-state index in [0.29, 0.717) is 26.2 Å². The van der Waals surface area contributed by atoms with E-state index in [9.17, 15) is 9.59 Å². The Labute approximate surface area is 154 Å². The average molecular weight is 354 g/mol. The molecule has 0 saturated heterocycles. The van der Waals surface area contributed by atoms with Gasteiger partial charge in [-0.25, -0.2) is 0 Å². The summed E-state index contributed by atoms with van der Waals surface area (Å²) in [4.78, 5) is 23.4. The zero-order valence-corrected chi connectivity index (χ0v) is 14.8. The first kappa shape index (κ1) is 19.6. The number of nitrogens with one attached hydrogen (secondary N) is 4. The van der Waals surface area contributed by atoms with Gasteiger partial charge in [0.05, 0.1) is 13.1 Å². The highest BCUT2D eigenvalue weighted by Crippen LogP contribution is 1.97. The smallest absolute Gasteiger partial charge is 0.234 e. The molecule has 6 heteroatoms. The van der Waals surface area contributed by atoms with Crippen molar-refractivity contribution in [1.82, 2.24) is 21.3 Å². The number of hydrogen-bond acceptors (Lipinski definition) is 4. The van der Waals surface area contributed by atoms with Gasteiger partial charge in [0, 0.05) is 26.2 Å². The highest BCUT2D eigenvalue weighted by molar-refractivity contribution is 5.78. The minimum absolute atomic E-state index is 0.0468. The Morgan fingerprint density at radius 3 is 1.38 bits per heavy atom. The number of hydrogen-bond donors (Lipinski definition) is 4. The van der Waals surface area contributed by atoms with Crippen molar-refractivity contribution >= 4 is 11.8 Å². The zero-order valence-electron chi connectivity index (χ0n) is 14.8. The molecule has 0 aromatic heterocycles. The predicted molar refractivity (Wildman–Crippen MR) is 102 cm³/mol. The number of carbonyl (C=O) groups excluding carboxylic acids is 2. The third-order valence-electron chi connectivity index (χ3n) is 3.71. The number of amides is 2. The summed E-state index contributed by atoms with van der Waals surface area (Å²) in [6.07, 6.45) is 0. The summed E-state index contributed by atoms with van der Waals surface area (Å²) in [5.74, 6) is -0.0936. The second-order valence-corrected chi connectivity index (χ2v) is 5.88. The zero-order chi connectivity index (χ0) is 18.5. The molecular weight excluding hydrogens is 328 g/mol. The van der Waals surface area contributed by atoms with Crippen molar-refractivity contribution < 1.29 is 9.59 Å². The lowest BCUT2D eigenvalue weighted by Crippen LogP contribution is -2.39. The Morgan fingerprint density at radius 1 is 0.615 bits per heavy atom. The quantitative estimate of drug-likeness (QED) is 0.450. The van der Waals surface area contributed by atoms with Crippen LogP contribution in [0.3, 0.4) is 0 Å². The standard InChI is InChI=1S/C20H26N4O2/c25-19(23-13-17-7-3-1-4-8-17)15-21-11-12-22-16-20(26)24-14-18-9-5-2-6-10-18/h1-10,21-22H,11-16H2,(H,23,25)(H,24,26). The summed E-state index contributed by atoms with van der Waals surface area (Å²) in [6.45, 7) is 2.81. The molecule has 0 aliphatic rings. The van der Waals surface area contributed by atoms with E-state index >= 15 is 0 Å². The van der Waals surface area contributed by atoms with Crippen LogP contribution in [0.15, 0.2) is 60.7 Å². The van der Waals surface area contributed by atoms with E-state index in [-0.39, 0.29) is 24.9 Å². The van der Waals surface area contributed by atoms with Crippen LogP contribution in [0.2, 0.25) is 0 Å². The first-order valence-electron chi connectivity index (χ1n) is 8.77. The van der Waals surface area contributed by atoms with Crippen LogP contribution in [0.1, 0.15) is 11.1 Å². The Bertz CT molecular complexity index is 603. The molecular formula is C20H26N4O2. The van der Waals surface area contributed by atoms with Crippen LogP contribution in [0.25, 0.3) is 0 Å². The van der Waals surface area contributed by atoms with E-state index in [0.717, 1.165) is 11.1 Å². The van der Waals surface area contributed by atoms with Crippen molar-refractivity contribution in [3.05, 3.63) is 71.8 Å². The van der Waals surface area contributed by atoms with Gasteiger partial charge < -0.3 is 21.3 Å². The van der Waals surface area contributed by atoms with Crippen LogP contribution in [0.4, 0.5) is 0 Å². The van der Waals surface area contributed by atoms with Crippen molar-refractivity contribution in [2.45, 2.75) is 13.1 Å². The van der Waals surface area contributed by atoms with Crippen molar-refractivity contribution in [3.8, 4) is 0 Å². The molecule has 2 aromatic carbocycles. The topological polar surface area (TPSA) is 82.3 Å². The van der Waals surface area contributed by atoms with E-state index in [1.165, 1.54) is 0 Å². The summed E-state index contributed by atoms with van der Waals surface area (Å²) in [5, 5.41) is 11.8. The molecule has 26 heavy (non-hydrogen) atoms. The van der Waals surface area contributed by atoms with Gasteiger partial charge in [-0.05, 0) is 11.1 Å². The first-order chi connectivity index (χ1) is 12.7. The van der Waals surface area contributed by atoms with E-state index in [1.807, 2.05) is 60.7 Å². The molecule has 2 rings (SSSR count). The Morgan fingerprint density at radius 2 is 1.00 bits per heavy atom. The largest absolute Gasteiger partial charge is 0.351 e. The Hall–Kier alpha value is -2.70. The first-order valence-corrected chi connectivity index (χ1v) is 8.77. The van der Waals surface area contributed by atoms with E-state index in [1.54, 1.807) is 0 Å². The van der Waals surface area contributed by atoms with Crippen LogP contribution in [-0.2, 0) is 22.7 Å². The van der Waals surface area contributed by atoms with Gasteiger partial charge in [0.15, 0.2) is 0 Å². The monoisotopic (exact) mass is 354 g/mol. The highest BCUT2D eigenvalue weighted by atomic mass is 16.2. The van der Waals surface area contributed by atoms with Crippen molar-refractivity contribution in [1.29, 1.82) is 0 Å². The molecule has 2 amide bonds. The second kappa shape index (κ2) is 11.8. The molecule has 0 atom stereocenters. The number of carbonyl (C=O) groups is 2. The molecule has 0 radical (unpaired) electrons. The number of benzene rings is 2. The molecule has 138 valence electrons. The number of rotatable bonds is 11. The SMILES string of the molecule is O=C(CNCCNCC(=O)NCc1ccccc1)NCc1ccccc1. The van der Waals surface area contributed by atoms with Crippen LogP contribution in [0, 0.1) is 0 Å². The van der Waals surface area contributed by atoms with Crippen LogP contribution in [0.5, 0.6) is 0 Å². The fraction of sp³-hybridized carbons (Fsp3) is 0.300. The van der Waals surface area contributed by atoms with Gasteiger partial charge in [0.2, 0.25) is 11.8 Å². The second-order valence-electron chi connectivity index (χ2n) is 5.88.